The first kappa shape index (κ1) is 14.6. The zero-order chi connectivity index (χ0) is 15.4. The van der Waals surface area contributed by atoms with E-state index in [0.717, 1.165) is 12.8 Å². The lowest BCUT2D eigenvalue weighted by molar-refractivity contribution is -0.135. The number of nitrogens with zero attached hydrogens (tertiary/aromatic N) is 1. The van der Waals surface area contributed by atoms with Crippen LogP contribution >= 0.6 is 0 Å². The van der Waals surface area contributed by atoms with Gasteiger partial charge in [-0.2, -0.15) is 0 Å². The first-order chi connectivity index (χ1) is 9.74. The Bertz CT molecular complexity index is 552. The summed E-state index contributed by atoms with van der Waals surface area (Å²) in [4.78, 5) is 15.0. The van der Waals surface area contributed by atoms with Crippen LogP contribution in [0.15, 0.2) is 24.3 Å². The van der Waals surface area contributed by atoms with E-state index in [2.05, 4.69) is 69.1 Å². The molecule has 1 aromatic carbocycles. The Morgan fingerprint density at radius 2 is 1.81 bits per heavy atom. The smallest absolute Gasteiger partial charge is 0.244 e. The van der Waals surface area contributed by atoms with E-state index in [4.69, 9.17) is 0 Å². The molecule has 114 valence electrons. The van der Waals surface area contributed by atoms with E-state index >= 15 is 0 Å². The summed E-state index contributed by atoms with van der Waals surface area (Å²) in [5, 5.41) is 3.61. The molecule has 1 amide bonds. The van der Waals surface area contributed by atoms with E-state index in [9.17, 15) is 4.79 Å². The highest BCUT2D eigenvalue weighted by atomic mass is 16.2. The Hall–Kier alpha value is -1.35. The molecular formula is C18H26N2O. The highest BCUT2D eigenvalue weighted by Gasteiger charge is 2.60. The molecule has 1 aliphatic carbocycles. The van der Waals surface area contributed by atoms with Crippen molar-refractivity contribution in [3.05, 3.63) is 35.4 Å². The van der Waals surface area contributed by atoms with Crippen molar-refractivity contribution in [1.82, 2.24) is 10.2 Å². The molecule has 1 saturated carbocycles. The number of benzene rings is 1. The molecular weight excluding hydrogens is 260 g/mol. The molecule has 3 nitrogen and oxygen atoms in total. The predicted octanol–water partition coefficient (Wildman–Crippen LogP) is 3.39. The Kier molecular flexibility index (Phi) is 3.17. The molecule has 1 heterocycles. The van der Waals surface area contributed by atoms with Crippen LogP contribution in [0.5, 0.6) is 0 Å². The lowest BCUT2D eigenvalue weighted by Gasteiger charge is -2.38. The van der Waals surface area contributed by atoms with Crippen LogP contribution in [-0.4, -0.2) is 22.4 Å². The molecule has 2 unspecified atom stereocenters. The number of carbonyl (C=O) groups is 1. The largest absolute Gasteiger partial charge is 0.318 e. The number of hydrogen-bond donors (Lipinski definition) is 1. The van der Waals surface area contributed by atoms with Gasteiger partial charge in [0.2, 0.25) is 5.91 Å². The number of amides is 1. The SMILES string of the molecule is Cc1ccc(C2NC3(CC3)C(=O)N2C(C)C(C)(C)C)cc1. The zero-order valence-corrected chi connectivity index (χ0v) is 13.7. The van der Waals surface area contributed by atoms with Gasteiger partial charge in [0.15, 0.2) is 0 Å². The first-order valence-corrected chi connectivity index (χ1v) is 7.92. The van der Waals surface area contributed by atoms with Gasteiger partial charge in [0.05, 0.1) is 0 Å². The van der Waals surface area contributed by atoms with E-state index in [1.54, 1.807) is 0 Å². The summed E-state index contributed by atoms with van der Waals surface area (Å²) in [6, 6.07) is 8.73. The zero-order valence-electron chi connectivity index (χ0n) is 13.7. The molecule has 3 rings (SSSR count). The Balaban J connectivity index is 1.97. The lowest BCUT2D eigenvalue weighted by Crippen LogP contribution is -2.45. The van der Waals surface area contributed by atoms with Crippen molar-refractivity contribution in [3.63, 3.8) is 0 Å². The average Bonchev–Trinajstić information content (AvgIpc) is 3.12. The minimum absolute atomic E-state index is 0.00910. The first-order valence-electron chi connectivity index (χ1n) is 7.92. The topological polar surface area (TPSA) is 32.3 Å². The Labute approximate surface area is 127 Å². The van der Waals surface area contributed by atoms with Gasteiger partial charge in [0.1, 0.15) is 11.7 Å². The summed E-state index contributed by atoms with van der Waals surface area (Å²) >= 11 is 0. The van der Waals surface area contributed by atoms with E-state index in [1.807, 2.05) is 0 Å². The maximum absolute atomic E-state index is 12.9. The lowest BCUT2D eigenvalue weighted by atomic mass is 9.86. The highest BCUT2D eigenvalue weighted by Crippen LogP contribution is 2.48. The van der Waals surface area contributed by atoms with E-state index in [-0.39, 0.29) is 29.1 Å². The van der Waals surface area contributed by atoms with Crippen molar-refractivity contribution in [1.29, 1.82) is 0 Å². The van der Waals surface area contributed by atoms with Crippen LogP contribution in [0, 0.1) is 12.3 Å². The number of aryl methyl sites for hydroxylation is 1. The molecule has 1 saturated heterocycles. The number of rotatable bonds is 2. The second-order valence-electron chi connectivity index (χ2n) is 7.79. The Morgan fingerprint density at radius 3 is 2.29 bits per heavy atom. The molecule has 3 heteroatoms. The number of hydrogen-bond acceptors (Lipinski definition) is 2. The summed E-state index contributed by atoms with van der Waals surface area (Å²) in [7, 11) is 0. The van der Waals surface area contributed by atoms with Crippen molar-refractivity contribution in [2.75, 3.05) is 0 Å². The molecule has 1 aliphatic heterocycles. The van der Waals surface area contributed by atoms with Gasteiger partial charge < -0.3 is 4.90 Å². The Morgan fingerprint density at radius 1 is 1.24 bits per heavy atom. The molecule has 2 atom stereocenters. The van der Waals surface area contributed by atoms with Crippen molar-refractivity contribution >= 4 is 5.91 Å². The molecule has 1 spiro atoms. The van der Waals surface area contributed by atoms with Crippen molar-refractivity contribution in [2.24, 2.45) is 5.41 Å². The summed E-state index contributed by atoms with van der Waals surface area (Å²) in [5.74, 6) is 0.288. The van der Waals surface area contributed by atoms with Gasteiger partial charge in [-0.15, -0.1) is 0 Å². The van der Waals surface area contributed by atoms with Crippen LogP contribution in [0.2, 0.25) is 0 Å². The molecule has 0 aromatic heterocycles. The van der Waals surface area contributed by atoms with Crippen molar-refractivity contribution in [2.45, 2.75) is 65.2 Å². The third-order valence-electron chi connectivity index (χ3n) is 5.15. The van der Waals surface area contributed by atoms with E-state index in [0.29, 0.717) is 0 Å². The van der Waals surface area contributed by atoms with Crippen LogP contribution in [0.1, 0.15) is 57.8 Å². The quantitative estimate of drug-likeness (QED) is 0.904. The van der Waals surface area contributed by atoms with Crippen LogP contribution in [0.3, 0.4) is 0 Å². The molecule has 0 radical (unpaired) electrons. The second kappa shape index (κ2) is 4.57. The fourth-order valence-corrected chi connectivity index (χ4v) is 3.05. The number of nitrogens with one attached hydrogen (secondary N) is 1. The molecule has 2 fully saturated rings. The molecule has 1 N–H and O–H groups in total. The molecule has 1 aromatic rings. The van der Waals surface area contributed by atoms with Gasteiger partial charge >= 0.3 is 0 Å². The normalized spacial score (nSPS) is 25.5. The van der Waals surface area contributed by atoms with E-state index < -0.39 is 0 Å². The maximum Gasteiger partial charge on any atom is 0.244 e. The third kappa shape index (κ3) is 2.38. The van der Waals surface area contributed by atoms with Gasteiger partial charge in [-0.1, -0.05) is 50.6 Å². The standard InChI is InChI=1S/C18H26N2O/c1-12-6-8-14(9-7-12)15-19-18(10-11-18)16(21)20(15)13(2)17(3,4)5/h6-9,13,15,19H,10-11H2,1-5H3. The fourth-order valence-electron chi connectivity index (χ4n) is 3.05. The van der Waals surface area contributed by atoms with Gasteiger partial charge in [-0.3, -0.25) is 10.1 Å². The third-order valence-corrected chi connectivity index (χ3v) is 5.15. The minimum atomic E-state index is -0.269. The van der Waals surface area contributed by atoms with Gasteiger partial charge in [0, 0.05) is 6.04 Å². The van der Waals surface area contributed by atoms with E-state index in [1.165, 1.54) is 11.1 Å². The summed E-state index contributed by atoms with van der Waals surface area (Å²) in [6.45, 7) is 10.9. The maximum atomic E-state index is 12.9. The highest BCUT2D eigenvalue weighted by molar-refractivity contribution is 5.92. The van der Waals surface area contributed by atoms with Crippen LogP contribution < -0.4 is 5.32 Å². The van der Waals surface area contributed by atoms with Crippen LogP contribution in [0.25, 0.3) is 0 Å². The molecule has 0 bridgehead atoms. The minimum Gasteiger partial charge on any atom is -0.318 e. The van der Waals surface area contributed by atoms with Crippen molar-refractivity contribution < 1.29 is 4.79 Å². The summed E-state index contributed by atoms with van der Waals surface area (Å²) in [5.41, 5.74) is 2.24. The van der Waals surface area contributed by atoms with Crippen LogP contribution in [0.4, 0.5) is 0 Å². The fraction of sp³-hybridized carbons (Fsp3) is 0.611. The summed E-state index contributed by atoms with van der Waals surface area (Å²) < 4.78 is 0. The van der Waals surface area contributed by atoms with Gasteiger partial charge in [-0.05, 0) is 37.7 Å². The second-order valence-corrected chi connectivity index (χ2v) is 7.79. The monoisotopic (exact) mass is 286 g/mol. The average molecular weight is 286 g/mol. The predicted molar refractivity (Wildman–Crippen MR) is 84.8 cm³/mol. The summed E-state index contributed by atoms with van der Waals surface area (Å²) in [6.07, 6.45) is 1.96. The van der Waals surface area contributed by atoms with Crippen LogP contribution in [-0.2, 0) is 4.79 Å². The van der Waals surface area contributed by atoms with Gasteiger partial charge in [0.25, 0.3) is 0 Å². The van der Waals surface area contributed by atoms with Gasteiger partial charge in [-0.25, -0.2) is 0 Å². The molecule has 21 heavy (non-hydrogen) atoms. The van der Waals surface area contributed by atoms with Crippen molar-refractivity contribution in [3.8, 4) is 0 Å². The number of carbonyl (C=O) groups excluding carboxylic acids is 1. The molecule has 2 aliphatic rings.